The number of benzene rings is 1. The minimum Gasteiger partial charge on any atom is -0.493 e. The van der Waals surface area contributed by atoms with E-state index in [9.17, 15) is 18.4 Å². The first-order chi connectivity index (χ1) is 14.2. The van der Waals surface area contributed by atoms with E-state index in [0.717, 1.165) is 0 Å². The van der Waals surface area contributed by atoms with Gasteiger partial charge < -0.3 is 20.1 Å². The van der Waals surface area contributed by atoms with Gasteiger partial charge in [0.15, 0.2) is 11.5 Å². The number of hydrogen-bond donors (Lipinski definition) is 2. The third kappa shape index (κ3) is 6.40. The number of nitrogens with zero attached hydrogens (tertiary/aromatic N) is 1. The fraction of sp³-hybridized carbons (Fsp3) is 0.381. The second-order valence-corrected chi connectivity index (χ2v) is 6.88. The van der Waals surface area contributed by atoms with Crippen LogP contribution in [-0.4, -0.2) is 36.9 Å². The van der Waals surface area contributed by atoms with Crippen LogP contribution in [-0.2, 0) is 4.79 Å². The summed E-state index contributed by atoms with van der Waals surface area (Å²) in [4.78, 5) is 28.5. The molecule has 0 bridgehead atoms. The van der Waals surface area contributed by atoms with Crippen molar-refractivity contribution < 1.29 is 27.8 Å². The predicted octanol–water partition coefficient (Wildman–Crippen LogP) is 3.82. The number of carbonyl (C=O) groups excluding carboxylic acids is 2. The lowest BCUT2D eigenvalue weighted by atomic mass is 10.1. The Morgan fingerprint density at radius 2 is 1.83 bits per heavy atom. The molecule has 1 aromatic carbocycles. The van der Waals surface area contributed by atoms with Crippen molar-refractivity contribution >= 4 is 17.6 Å². The Hall–Kier alpha value is -3.23. The predicted molar refractivity (Wildman–Crippen MR) is 108 cm³/mol. The molecule has 7 nitrogen and oxygen atoms in total. The van der Waals surface area contributed by atoms with Gasteiger partial charge in [0.1, 0.15) is 12.4 Å². The number of rotatable bonds is 9. The SMILES string of the molecule is COc1cc(C(C)NC(=O)c2ccnc(NC(=O)C(C)C)c2)ccc1OCC(F)F. The third-order valence-corrected chi connectivity index (χ3v) is 4.20. The number of alkyl halides is 2. The monoisotopic (exact) mass is 421 g/mol. The van der Waals surface area contributed by atoms with Gasteiger partial charge in [-0.1, -0.05) is 19.9 Å². The van der Waals surface area contributed by atoms with Crippen molar-refractivity contribution in [2.24, 2.45) is 5.92 Å². The summed E-state index contributed by atoms with van der Waals surface area (Å²) in [6, 6.07) is 7.42. The van der Waals surface area contributed by atoms with Gasteiger partial charge in [-0.15, -0.1) is 0 Å². The van der Waals surface area contributed by atoms with Gasteiger partial charge in [0.05, 0.1) is 13.2 Å². The average Bonchev–Trinajstić information content (AvgIpc) is 2.71. The molecule has 1 atom stereocenters. The van der Waals surface area contributed by atoms with Gasteiger partial charge in [-0.2, -0.15) is 0 Å². The zero-order chi connectivity index (χ0) is 22.3. The lowest BCUT2D eigenvalue weighted by molar-refractivity contribution is -0.118. The Morgan fingerprint density at radius 3 is 2.47 bits per heavy atom. The summed E-state index contributed by atoms with van der Waals surface area (Å²) >= 11 is 0. The Balaban J connectivity index is 2.09. The zero-order valence-corrected chi connectivity index (χ0v) is 17.2. The van der Waals surface area contributed by atoms with Crippen molar-refractivity contribution in [2.75, 3.05) is 19.0 Å². The van der Waals surface area contributed by atoms with E-state index in [2.05, 4.69) is 15.6 Å². The topological polar surface area (TPSA) is 89.5 Å². The summed E-state index contributed by atoms with van der Waals surface area (Å²) in [5.74, 6) is -0.00339. The largest absolute Gasteiger partial charge is 0.493 e. The van der Waals surface area contributed by atoms with Crippen LogP contribution in [0.15, 0.2) is 36.5 Å². The first-order valence-electron chi connectivity index (χ1n) is 9.38. The summed E-state index contributed by atoms with van der Waals surface area (Å²) in [6.07, 6.45) is -1.16. The van der Waals surface area contributed by atoms with Gasteiger partial charge in [-0.3, -0.25) is 9.59 Å². The van der Waals surface area contributed by atoms with Gasteiger partial charge in [-0.25, -0.2) is 13.8 Å². The number of nitrogens with one attached hydrogen (secondary N) is 2. The highest BCUT2D eigenvalue weighted by atomic mass is 19.3. The molecule has 1 unspecified atom stereocenters. The fourth-order valence-corrected chi connectivity index (χ4v) is 2.50. The lowest BCUT2D eigenvalue weighted by Gasteiger charge is -2.17. The summed E-state index contributed by atoms with van der Waals surface area (Å²) in [7, 11) is 1.40. The maximum Gasteiger partial charge on any atom is 0.272 e. The fourth-order valence-electron chi connectivity index (χ4n) is 2.50. The number of anilines is 1. The molecule has 0 saturated heterocycles. The highest BCUT2D eigenvalue weighted by molar-refractivity contribution is 5.97. The van der Waals surface area contributed by atoms with Crippen LogP contribution in [0.5, 0.6) is 11.5 Å². The molecule has 9 heteroatoms. The van der Waals surface area contributed by atoms with Crippen LogP contribution < -0.4 is 20.1 Å². The molecule has 162 valence electrons. The van der Waals surface area contributed by atoms with E-state index in [0.29, 0.717) is 11.1 Å². The molecule has 1 aromatic heterocycles. The Morgan fingerprint density at radius 1 is 1.10 bits per heavy atom. The van der Waals surface area contributed by atoms with Crippen LogP contribution in [0, 0.1) is 5.92 Å². The van der Waals surface area contributed by atoms with Crippen molar-refractivity contribution in [1.29, 1.82) is 0 Å². The third-order valence-electron chi connectivity index (χ3n) is 4.20. The lowest BCUT2D eigenvalue weighted by Crippen LogP contribution is -2.27. The normalized spacial score (nSPS) is 11.9. The van der Waals surface area contributed by atoms with Crippen LogP contribution in [0.1, 0.15) is 42.7 Å². The summed E-state index contributed by atoms with van der Waals surface area (Å²) in [5, 5.41) is 5.49. The van der Waals surface area contributed by atoms with Gasteiger partial charge >= 0.3 is 0 Å². The molecule has 2 N–H and O–H groups in total. The van der Waals surface area contributed by atoms with Gasteiger partial charge in [0.2, 0.25) is 5.91 Å². The van der Waals surface area contributed by atoms with E-state index in [1.165, 1.54) is 31.5 Å². The minimum absolute atomic E-state index is 0.194. The van der Waals surface area contributed by atoms with Crippen LogP contribution in [0.2, 0.25) is 0 Å². The molecule has 0 spiro atoms. The number of amides is 2. The first kappa shape index (κ1) is 23.1. The number of hydrogen-bond acceptors (Lipinski definition) is 5. The summed E-state index contributed by atoms with van der Waals surface area (Å²) in [5.41, 5.74) is 1.03. The van der Waals surface area contributed by atoms with Crippen LogP contribution in [0.3, 0.4) is 0 Å². The van der Waals surface area contributed by atoms with Gasteiger partial charge in [-0.05, 0) is 36.8 Å². The smallest absolute Gasteiger partial charge is 0.272 e. The van der Waals surface area contributed by atoms with Crippen molar-refractivity contribution in [3.8, 4) is 11.5 Å². The van der Waals surface area contributed by atoms with E-state index < -0.39 is 19.1 Å². The first-order valence-corrected chi connectivity index (χ1v) is 9.38. The number of aromatic nitrogens is 1. The summed E-state index contributed by atoms with van der Waals surface area (Å²) in [6.45, 7) is 4.55. The van der Waals surface area contributed by atoms with E-state index in [-0.39, 0.29) is 35.0 Å². The molecule has 0 fully saturated rings. The number of halogens is 2. The quantitative estimate of drug-likeness (QED) is 0.643. The van der Waals surface area contributed by atoms with Gasteiger partial charge in [0.25, 0.3) is 12.3 Å². The van der Waals surface area contributed by atoms with E-state index in [1.807, 2.05) is 0 Å². The molecule has 30 heavy (non-hydrogen) atoms. The van der Waals surface area contributed by atoms with Crippen LogP contribution >= 0.6 is 0 Å². The Labute approximate surface area is 173 Å². The second kappa shape index (κ2) is 10.5. The van der Waals surface area contributed by atoms with E-state index in [4.69, 9.17) is 9.47 Å². The zero-order valence-electron chi connectivity index (χ0n) is 17.2. The van der Waals surface area contributed by atoms with Crippen LogP contribution in [0.25, 0.3) is 0 Å². The molecular formula is C21H25F2N3O4. The van der Waals surface area contributed by atoms with Crippen molar-refractivity contribution in [3.05, 3.63) is 47.7 Å². The van der Waals surface area contributed by atoms with Crippen LogP contribution in [0.4, 0.5) is 14.6 Å². The molecule has 0 aliphatic rings. The molecule has 2 aromatic rings. The van der Waals surface area contributed by atoms with E-state index >= 15 is 0 Å². The highest BCUT2D eigenvalue weighted by Crippen LogP contribution is 2.30. The van der Waals surface area contributed by atoms with Crippen molar-refractivity contribution in [2.45, 2.75) is 33.2 Å². The highest BCUT2D eigenvalue weighted by Gasteiger charge is 2.16. The average molecular weight is 421 g/mol. The van der Waals surface area contributed by atoms with Crippen molar-refractivity contribution in [1.82, 2.24) is 10.3 Å². The maximum absolute atomic E-state index is 12.6. The molecular weight excluding hydrogens is 396 g/mol. The second-order valence-electron chi connectivity index (χ2n) is 6.88. The molecule has 2 amide bonds. The number of ether oxygens (including phenoxy) is 2. The number of methoxy groups -OCH3 is 1. The number of pyridine rings is 1. The number of carbonyl (C=O) groups is 2. The Bertz CT molecular complexity index is 890. The van der Waals surface area contributed by atoms with Gasteiger partial charge in [0, 0.05) is 17.7 Å². The molecule has 2 rings (SSSR count). The minimum atomic E-state index is -2.59. The standard InChI is InChI=1S/C21H25F2N3O4/c1-12(2)20(27)26-19-10-15(7-8-24-19)21(28)25-13(3)14-5-6-16(17(9-14)29-4)30-11-18(22)23/h5-10,12-13,18H,11H2,1-4H3,(H,25,28)(H,24,26,27). The summed E-state index contributed by atoms with van der Waals surface area (Å²) < 4.78 is 35.0. The molecule has 0 radical (unpaired) electrons. The molecule has 0 saturated carbocycles. The van der Waals surface area contributed by atoms with Crippen molar-refractivity contribution in [3.63, 3.8) is 0 Å². The maximum atomic E-state index is 12.6. The molecule has 0 aliphatic heterocycles. The molecule has 1 heterocycles. The van der Waals surface area contributed by atoms with E-state index in [1.54, 1.807) is 32.9 Å². The molecule has 0 aliphatic carbocycles. The Kier molecular flexibility index (Phi) is 8.08.